The number of aliphatic imine (C=N–C) groups is 1. The zero-order valence-electron chi connectivity index (χ0n) is 15.2. The molecule has 2 rings (SSSR count). The van der Waals surface area contributed by atoms with Gasteiger partial charge in [-0.25, -0.2) is 4.99 Å². The van der Waals surface area contributed by atoms with Crippen molar-refractivity contribution >= 4 is 5.96 Å². The Bertz CT molecular complexity index is 630. The van der Waals surface area contributed by atoms with Crippen LogP contribution in [0.25, 0.3) is 0 Å². The van der Waals surface area contributed by atoms with E-state index in [4.69, 9.17) is 9.41 Å². The fourth-order valence-corrected chi connectivity index (χ4v) is 2.42. The molecule has 0 radical (unpaired) electrons. The molecule has 0 aliphatic rings. The third-order valence-corrected chi connectivity index (χ3v) is 3.97. The Morgan fingerprint density at radius 2 is 2.25 bits per heavy atom. The van der Waals surface area contributed by atoms with Gasteiger partial charge in [0, 0.05) is 37.8 Å². The molecule has 1 unspecified atom stereocenters. The smallest absolute Gasteiger partial charge is 0.191 e. The Morgan fingerprint density at radius 3 is 2.92 bits per heavy atom. The van der Waals surface area contributed by atoms with Gasteiger partial charge in [0.1, 0.15) is 5.76 Å². The third-order valence-electron chi connectivity index (χ3n) is 3.97. The number of nitrogens with zero attached hydrogens (tertiary/aromatic N) is 3. The lowest BCUT2D eigenvalue weighted by Crippen LogP contribution is -2.42. The number of nitrogens with one attached hydrogen (secondary N) is 2. The largest absolute Gasteiger partial charge is 0.469 e. The number of furan rings is 1. The fraction of sp³-hybridized carbons (Fsp3) is 0.556. The summed E-state index contributed by atoms with van der Waals surface area (Å²) in [5.74, 6) is 1.81. The molecular formula is C18H29N5O. The number of hydrogen-bond acceptors (Lipinski definition) is 3. The Morgan fingerprint density at radius 1 is 1.42 bits per heavy atom. The minimum absolute atomic E-state index is 0.374. The quantitative estimate of drug-likeness (QED) is 0.576. The van der Waals surface area contributed by atoms with E-state index in [1.165, 1.54) is 5.56 Å². The lowest BCUT2D eigenvalue weighted by molar-refractivity contribution is 0.506. The van der Waals surface area contributed by atoms with Gasteiger partial charge in [-0.3, -0.25) is 4.68 Å². The van der Waals surface area contributed by atoms with Gasteiger partial charge in [-0.15, -0.1) is 0 Å². The van der Waals surface area contributed by atoms with E-state index in [0.29, 0.717) is 12.6 Å². The second-order valence-electron chi connectivity index (χ2n) is 6.00. The SMILES string of the molecule is CCc1nn(C)cc1CN=C(NCCc1ccco1)NC(C)CC. The predicted molar refractivity (Wildman–Crippen MR) is 97.0 cm³/mol. The van der Waals surface area contributed by atoms with E-state index in [9.17, 15) is 0 Å². The fourth-order valence-electron chi connectivity index (χ4n) is 2.42. The van der Waals surface area contributed by atoms with E-state index in [1.807, 2.05) is 30.1 Å². The molecule has 24 heavy (non-hydrogen) atoms. The van der Waals surface area contributed by atoms with Gasteiger partial charge in [0.15, 0.2) is 5.96 Å². The molecule has 6 heteroatoms. The molecule has 0 aliphatic heterocycles. The topological polar surface area (TPSA) is 67.4 Å². The molecule has 0 saturated carbocycles. The summed E-state index contributed by atoms with van der Waals surface area (Å²) in [7, 11) is 1.95. The Balaban J connectivity index is 1.97. The van der Waals surface area contributed by atoms with E-state index in [0.717, 1.165) is 43.2 Å². The van der Waals surface area contributed by atoms with Gasteiger partial charge in [0.05, 0.1) is 18.5 Å². The van der Waals surface area contributed by atoms with Crippen molar-refractivity contribution in [1.29, 1.82) is 0 Å². The summed E-state index contributed by atoms with van der Waals surface area (Å²) in [4.78, 5) is 4.73. The minimum Gasteiger partial charge on any atom is -0.469 e. The van der Waals surface area contributed by atoms with Crippen LogP contribution < -0.4 is 10.6 Å². The summed E-state index contributed by atoms with van der Waals surface area (Å²) in [5.41, 5.74) is 2.29. The lowest BCUT2D eigenvalue weighted by Gasteiger charge is -2.16. The molecule has 2 aromatic rings. The number of aromatic nitrogens is 2. The van der Waals surface area contributed by atoms with Crippen LogP contribution in [-0.2, 0) is 26.4 Å². The van der Waals surface area contributed by atoms with Crippen molar-refractivity contribution in [3.63, 3.8) is 0 Å². The van der Waals surface area contributed by atoms with Crippen molar-refractivity contribution in [3.05, 3.63) is 41.6 Å². The summed E-state index contributed by atoms with van der Waals surface area (Å²) in [6.45, 7) is 7.85. The molecule has 2 heterocycles. The number of aryl methyl sites for hydroxylation is 2. The van der Waals surface area contributed by atoms with Crippen LogP contribution in [0.4, 0.5) is 0 Å². The van der Waals surface area contributed by atoms with Crippen molar-refractivity contribution in [3.8, 4) is 0 Å². The van der Waals surface area contributed by atoms with E-state index in [2.05, 4.69) is 36.5 Å². The van der Waals surface area contributed by atoms with Crippen molar-refractivity contribution in [1.82, 2.24) is 20.4 Å². The van der Waals surface area contributed by atoms with Gasteiger partial charge in [-0.05, 0) is 31.9 Å². The Kier molecular flexibility index (Phi) is 6.90. The summed E-state index contributed by atoms with van der Waals surface area (Å²) >= 11 is 0. The monoisotopic (exact) mass is 331 g/mol. The first-order chi connectivity index (χ1) is 11.6. The van der Waals surface area contributed by atoms with Crippen LogP contribution >= 0.6 is 0 Å². The highest BCUT2D eigenvalue weighted by molar-refractivity contribution is 5.80. The highest BCUT2D eigenvalue weighted by Crippen LogP contribution is 2.08. The van der Waals surface area contributed by atoms with Crippen molar-refractivity contribution < 1.29 is 4.42 Å². The van der Waals surface area contributed by atoms with Crippen LogP contribution in [0.15, 0.2) is 34.0 Å². The van der Waals surface area contributed by atoms with Crippen molar-refractivity contribution in [2.24, 2.45) is 12.0 Å². The average molecular weight is 331 g/mol. The summed E-state index contributed by atoms with van der Waals surface area (Å²) in [6, 6.07) is 4.28. The molecule has 0 fully saturated rings. The van der Waals surface area contributed by atoms with Crippen LogP contribution in [0.2, 0.25) is 0 Å². The molecule has 0 bridgehead atoms. The van der Waals surface area contributed by atoms with Crippen molar-refractivity contribution in [2.45, 2.75) is 52.6 Å². The maximum absolute atomic E-state index is 5.37. The summed E-state index contributed by atoms with van der Waals surface area (Å²) < 4.78 is 7.23. The molecular weight excluding hydrogens is 302 g/mol. The molecule has 0 amide bonds. The molecule has 0 aliphatic carbocycles. The van der Waals surface area contributed by atoms with Crippen LogP contribution in [-0.4, -0.2) is 28.3 Å². The standard InChI is InChI=1S/C18H29N5O/c1-5-14(3)21-18(19-10-9-16-8-7-11-24-16)20-12-15-13-23(4)22-17(15)6-2/h7-8,11,13-14H,5-6,9-10,12H2,1-4H3,(H2,19,20,21). The van der Waals surface area contributed by atoms with E-state index in [-0.39, 0.29) is 0 Å². The van der Waals surface area contributed by atoms with Crippen LogP contribution in [0.3, 0.4) is 0 Å². The van der Waals surface area contributed by atoms with E-state index in [1.54, 1.807) is 6.26 Å². The van der Waals surface area contributed by atoms with E-state index < -0.39 is 0 Å². The maximum Gasteiger partial charge on any atom is 0.191 e. The lowest BCUT2D eigenvalue weighted by atomic mass is 10.2. The first kappa shape index (κ1) is 18.1. The zero-order chi connectivity index (χ0) is 17.4. The molecule has 0 saturated heterocycles. The van der Waals surface area contributed by atoms with Gasteiger partial charge >= 0.3 is 0 Å². The summed E-state index contributed by atoms with van der Waals surface area (Å²) in [5, 5.41) is 11.3. The molecule has 132 valence electrons. The predicted octanol–water partition coefficient (Wildman–Crippen LogP) is 2.65. The second kappa shape index (κ2) is 9.15. The highest BCUT2D eigenvalue weighted by Gasteiger charge is 2.08. The maximum atomic E-state index is 5.37. The van der Waals surface area contributed by atoms with Crippen LogP contribution in [0.5, 0.6) is 0 Å². The highest BCUT2D eigenvalue weighted by atomic mass is 16.3. The number of rotatable bonds is 8. The molecule has 0 aromatic carbocycles. The molecule has 2 aromatic heterocycles. The second-order valence-corrected chi connectivity index (χ2v) is 6.00. The number of hydrogen-bond donors (Lipinski definition) is 2. The van der Waals surface area contributed by atoms with Crippen LogP contribution in [0, 0.1) is 0 Å². The van der Waals surface area contributed by atoms with Crippen molar-refractivity contribution in [2.75, 3.05) is 6.54 Å². The van der Waals surface area contributed by atoms with Gasteiger partial charge in [0.25, 0.3) is 0 Å². The first-order valence-corrected chi connectivity index (χ1v) is 8.71. The minimum atomic E-state index is 0.374. The summed E-state index contributed by atoms with van der Waals surface area (Å²) in [6.07, 6.45) is 6.56. The van der Waals surface area contributed by atoms with Gasteiger partial charge in [-0.2, -0.15) is 5.10 Å². The zero-order valence-corrected chi connectivity index (χ0v) is 15.2. The Labute approximate surface area is 144 Å². The van der Waals surface area contributed by atoms with Gasteiger partial charge < -0.3 is 15.1 Å². The molecule has 2 N–H and O–H groups in total. The third kappa shape index (κ3) is 5.44. The molecule has 0 spiro atoms. The number of guanidine groups is 1. The average Bonchev–Trinajstić information content (AvgIpc) is 3.21. The molecule has 6 nitrogen and oxygen atoms in total. The van der Waals surface area contributed by atoms with Crippen LogP contribution in [0.1, 0.15) is 44.2 Å². The first-order valence-electron chi connectivity index (χ1n) is 8.71. The molecule has 1 atom stereocenters. The van der Waals surface area contributed by atoms with Gasteiger partial charge in [-0.1, -0.05) is 13.8 Å². The normalized spacial score (nSPS) is 13.1. The van der Waals surface area contributed by atoms with Gasteiger partial charge in [0.2, 0.25) is 0 Å². The Hall–Kier alpha value is -2.24. The van der Waals surface area contributed by atoms with E-state index >= 15 is 0 Å².